The second kappa shape index (κ2) is 5.19. The molecule has 0 saturated carbocycles. The first-order valence-corrected chi connectivity index (χ1v) is 6.67. The van der Waals surface area contributed by atoms with E-state index in [1.165, 1.54) is 13.8 Å². The number of hydrogen-bond donors (Lipinski definition) is 2. The number of aliphatic hydroxyl groups is 1. The van der Waals surface area contributed by atoms with Crippen LogP contribution in [0.3, 0.4) is 0 Å². The quantitative estimate of drug-likeness (QED) is 0.615. The molecule has 0 radical (unpaired) electrons. The van der Waals surface area contributed by atoms with Gasteiger partial charge < -0.3 is 5.11 Å². The molecule has 0 fully saturated rings. The summed E-state index contributed by atoms with van der Waals surface area (Å²) in [6, 6.07) is 2.24. The maximum Gasteiger partial charge on any atom is 0.306 e. The second-order valence-corrected chi connectivity index (χ2v) is 6.27. The van der Waals surface area contributed by atoms with Gasteiger partial charge in [-0.25, -0.2) is 13.1 Å². The van der Waals surface area contributed by atoms with Crippen molar-refractivity contribution < 1.29 is 22.8 Å². The van der Waals surface area contributed by atoms with Crippen LogP contribution in [0.4, 0.5) is 10.1 Å². The van der Waals surface area contributed by atoms with Crippen LogP contribution in [-0.2, 0) is 10.0 Å². The maximum atomic E-state index is 13.1. The molecule has 19 heavy (non-hydrogen) atoms. The van der Waals surface area contributed by atoms with E-state index in [9.17, 15) is 28.0 Å². The van der Waals surface area contributed by atoms with Gasteiger partial charge in [0, 0.05) is 12.6 Å². The summed E-state index contributed by atoms with van der Waals surface area (Å²) in [7, 11) is -4.05. The van der Waals surface area contributed by atoms with Crippen molar-refractivity contribution in [1.29, 1.82) is 0 Å². The summed E-state index contributed by atoms with van der Waals surface area (Å²) in [5, 5.41) is 19.9. The van der Waals surface area contributed by atoms with Crippen LogP contribution in [0, 0.1) is 15.9 Å². The van der Waals surface area contributed by atoms with Gasteiger partial charge in [-0.1, -0.05) is 0 Å². The van der Waals surface area contributed by atoms with Crippen molar-refractivity contribution in [3.63, 3.8) is 0 Å². The number of halogens is 1. The Labute approximate surface area is 109 Å². The minimum Gasteiger partial charge on any atom is -0.389 e. The van der Waals surface area contributed by atoms with Gasteiger partial charge in [0.1, 0.15) is 0 Å². The van der Waals surface area contributed by atoms with E-state index in [0.717, 1.165) is 6.07 Å². The first-order valence-electron chi connectivity index (χ1n) is 5.19. The van der Waals surface area contributed by atoms with E-state index in [1.807, 2.05) is 0 Å². The van der Waals surface area contributed by atoms with Crippen molar-refractivity contribution in [3.8, 4) is 0 Å². The van der Waals surface area contributed by atoms with Gasteiger partial charge in [-0.15, -0.1) is 0 Å². The standard InChI is InChI=1S/C10H13FN2O5S/c1-10(2,14)6-12-19(17,18)7-3-4-8(11)9(5-7)13(15)16/h3-5,12,14H,6H2,1-2H3. The third kappa shape index (κ3) is 4.23. The van der Waals surface area contributed by atoms with Gasteiger partial charge in [-0.2, -0.15) is 4.39 Å². The number of nitro groups is 1. The Morgan fingerprint density at radius 2 is 2.05 bits per heavy atom. The first-order chi connectivity index (χ1) is 8.53. The molecular formula is C10H13FN2O5S. The average Bonchev–Trinajstić information content (AvgIpc) is 2.25. The summed E-state index contributed by atoms with van der Waals surface area (Å²) < 4.78 is 38.8. The molecule has 1 aromatic rings. The lowest BCUT2D eigenvalue weighted by atomic mass is 10.1. The third-order valence-electron chi connectivity index (χ3n) is 2.12. The summed E-state index contributed by atoms with van der Waals surface area (Å²) in [4.78, 5) is 9.08. The summed E-state index contributed by atoms with van der Waals surface area (Å²) in [6.45, 7) is 2.51. The van der Waals surface area contributed by atoms with Gasteiger partial charge in [0.25, 0.3) is 0 Å². The number of sulfonamides is 1. The molecule has 0 aromatic heterocycles. The zero-order valence-corrected chi connectivity index (χ0v) is 11.1. The first kappa shape index (κ1) is 15.5. The molecule has 9 heteroatoms. The highest BCUT2D eigenvalue weighted by atomic mass is 32.2. The van der Waals surface area contributed by atoms with Crippen LogP contribution in [0.15, 0.2) is 23.1 Å². The van der Waals surface area contributed by atoms with Crippen LogP contribution in [0.25, 0.3) is 0 Å². The van der Waals surface area contributed by atoms with E-state index in [1.54, 1.807) is 0 Å². The summed E-state index contributed by atoms with van der Waals surface area (Å²) in [5.41, 5.74) is -2.20. The fraction of sp³-hybridized carbons (Fsp3) is 0.400. The molecule has 0 aliphatic carbocycles. The molecular weight excluding hydrogens is 279 g/mol. The molecule has 0 aliphatic heterocycles. The molecule has 0 bridgehead atoms. The minimum absolute atomic E-state index is 0.277. The molecule has 7 nitrogen and oxygen atoms in total. The lowest BCUT2D eigenvalue weighted by Gasteiger charge is -2.17. The Morgan fingerprint density at radius 3 is 2.53 bits per heavy atom. The van der Waals surface area contributed by atoms with E-state index >= 15 is 0 Å². The number of rotatable bonds is 5. The Balaban J connectivity index is 3.09. The number of nitro benzene ring substituents is 1. The molecule has 1 aromatic carbocycles. The average molecular weight is 292 g/mol. The molecule has 0 saturated heterocycles. The number of hydrogen-bond acceptors (Lipinski definition) is 5. The maximum absolute atomic E-state index is 13.1. The molecule has 2 N–H and O–H groups in total. The molecule has 1 rings (SSSR count). The van der Waals surface area contributed by atoms with Crippen molar-refractivity contribution in [2.24, 2.45) is 0 Å². The van der Waals surface area contributed by atoms with Crippen molar-refractivity contribution in [1.82, 2.24) is 4.72 Å². The lowest BCUT2D eigenvalue weighted by Crippen LogP contribution is -2.38. The molecule has 106 valence electrons. The second-order valence-electron chi connectivity index (χ2n) is 4.51. The Bertz CT molecular complexity index is 594. The van der Waals surface area contributed by atoms with Crippen LogP contribution in [0.5, 0.6) is 0 Å². The molecule has 0 heterocycles. The van der Waals surface area contributed by atoms with E-state index in [0.29, 0.717) is 12.1 Å². The van der Waals surface area contributed by atoms with E-state index in [2.05, 4.69) is 4.72 Å². The van der Waals surface area contributed by atoms with Gasteiger partial charge in [-0.3, -0.25) is 10.1 Å². The topological polar surface area (TPSA) is 110 Å². The lowest BCUT2D eigenvalue weighted by molar-refractivity contribution is -0.387. The SMILES string of the molecule is CC(C)(O)CNS(=O)(=O)c1ccc(F)c([N+](=O)[O-])c1. The van der Waals surface area contributed by atoms with Gasteiger partial charge in [0.05, 0.1) is 15.4 Å². The number of nitrogens with one attached hydrogen (secondary N) is 1. The Kier molecular flexibility index (Phi) is 4.23. The van der Waals surface area contributed by atoms with Crippen LogP contribution in [-0.4, -0.2) is 30.6 Å². The Morgan fingerprint density at radius 1 is 1.47 bits per heavy atom. The summed E-state index contributed by atoms with van der Waals surface area (Å²) in [6.07, 6.45) is 0. The number of nitrogens with zero attached hydrogens (tertiary/aromatic N) is 1. The van der Waals surface area contributed by atoms with Gasteiger partial charge in [-0.05, 0) is 26.0 Å². The zero-order valence-electron chi connectivity index (χ0n) is 10.3. The molecule has 0 atom stereocenters. The molecule has 0 unspecified atom stereocenters. The largest absolute Gasteiger partial charge is 0.389 e. The van der Waals surface area contributed by atoms with Gasteiger partial charge >= 0.3 is 5.69 Å². The predicted octanol–water partition coefficient (Wildman–Crippen LogP) is 0.783. The normalized spacial score (nSPS) is 12.4. The highest BCUT2D eigenvalue weighted by Crippen LogP contribution is 2.21. The third-order valence-corrected chi connectivity index (χ3v) is 3.52. The fourth-order valence-electron chi connectivity index (χ4n) is 1.15. The van der Waals surface area contributed by atoms with E-state index in [4.69, 9.17) is 0 Å². The van der Waals surface area contributed by atoms with Crippen molar-refractivity contribution in [2.75, 3.05) is 6.54 Å². The van der Waals surface area contributed by atoms with E-state index in [-0.39, 0.29) is 6.54 Å². The zero-order chi connectivity index (χ0) is 14.8. The van der Waals surface area contributed by atoms with Crippen LogP contribution in [0.2, 0.25) is 0 Å². The van der Waals surface area contributed by atoms with Gasteiger partial charge in [0.15, 0.2) is 0 Å². The van der Waals surface area contributed by atoms with Crippen molar-refractivity contribution in [2.45, 2.75) is 24.3 Å². The fourth-order valence-corrected chi connectivity index (χ4v) is 2.38. The van der Waals surface area contributed by atoms with E-state index < -0.39 is 36.9 Å². The van der Waals surface area contributed by atoms with Crippen LogP contribution in [0.1, 0.15) is 13.8 Å². The summed E-state index contributed by atoms with van der Waals surface area (Å²) >= 11 is 0. The Hall–Kier alpha value is -1.58. The van der Waals surface area contributed by atoms with Crippen molar-refractivity contribution >= 4 is 15.7 Å². The smallest absolute Gasteiger partial charge is 0.306 e. The van der Waals surface area contributed by atoms with Gasteiger partial charge in [0.2, 0.25) is 15.8 Å². The molecule has 0 amide bonds. The number of benzene rings is 1. The highest BCUT2D eigenvalue weighted by molar-refractivity contribution is 7.89. The predicted molar refractivity (Wildman–Crippen MR) is 64.5 cm³/mol. The van der Waals surface area contributed by atoms with Crippen LogP contribution >= 0.6 is 0 Å². The molecule has 0 aliphatic rings. The van der Waals surface area contributed by atoms with Crippen LogP contribution < -0.4 is 4.72 Å². The summed E-state index contributed by atoms with van der Waals surface area (Å²) in [5.74, 6) is -1.12. The van der Waals surface area contributed by atoms with Crippen molar-refractivity contribution in [3.05, 3.63) is 34.1 Å². The monoisotopic (exact) mass is 292 g/mol. The molecule has 0 spiro atoms. The highest BCUT2D eigenvalue weighted by Gasteiger charge is 2.23. The minimum atomic E-state index is -4.05.